The first-order valence-electron chi connectivity index (χ1n) is 8.45. The van der Waals surface area contributed by atoms with Crippen molar-refractivity contribution in [3.05, 3.63) is 67.1 Å². The van der Waals surface area contributed by atoms with Crippen LogP contribution in [-0.4, -0.2) is 37.6 Å². The zero-order chi connectivity index (χ0) is 20.4. The molecule has 0 aliphatic carbocycles. The molecule has 2 heterocycles. The maximum absolute atomic E-state index is 12.8. The van der Waals surface area contributed by atoms with E-state index in [2.05, 4.69) is 4.98 Å². The number of para-hydroxylation sites is 1. The summed E-state index contributed by atoms with van der Waals surface area (Å²) in [7, 11) is 0. The van der Waals surface area contributed by atoms with Crippen LogP contribution in [0.5, 0.6) is 0 Å². The molecule has 0 saturated heterocycles. The molecule has 1 atom stereocenters. The molecule has 9 heteroatoms. The third-order valence-corrected chi connectivity index (χ3v) is 5.28. The quantitative estimate of drug-likeness (QED) is 0.544. The zero-order valence-electron chi connectivity index (χ0n) is 14.6. The van der Waals surface area contributed by atoms with Gasteiger partial charge in [0.15, 0.2) is 5.43 Å². The molecule has 0 bridgehead atoms. The second-order valence-corrected chi connectivity index (χ2v) is 7.44. The number of aliphatic hydroxyl groups is 3. The molecule has 0 amide bonds. The van der Waals surface area contributed by atoms with Crippen LogP contribution in [0.4, 0.5) is 0 Å². The Hall–Kier alpha value is -1.67. The van der Waals surface area contributed by atoms with E-state index in [-0.39, 0.29) is 41.0 Å². The van der Waals surface area contributed by atoms with Crippen LogP contribution in [0.3, 0.4) is 0 Å². The molecule has 0 aliphatic rings. The van der Waals surface area contributed by atoms with Crippen molar-refractivity contribution in [1.82, 2.24) is 9.55 Å². The Morgan fingerprint density at radius 2 is 1.79 bits per heavy atom. The van der Waals surface area contributed by atoms with E-state index in [0.29, 0.717) is 26.9 Å². The van der Waals surface area contributed by atoms with Crippen molar-refractivity contribution in [1.29, 1.82) is 0 Å². The normalized spacial score (nSPS) is 12.5. The minimum Gasteiger partial charge on any atom is -0.394 e. The number of hydrogen-bond acceptors (Lipinski definition) is 5. The first kappa shape index (κ1) is 21.0. The van der Waals surface area contributed by atoms with E-state index in [4.69, 9.17) is 39.9 Å². The van der Waals surface area contributed by atoms with Crippen molar-refractivity contribution >= 4 is 45.7 Å². The standard InChI is InChI=1S/C19H17Cl3N2O4/c20-12-2-1-3-13(21)18(12)24-10(8-25)6-16(28)17-15(5-4-11(27)9-26)23-7-14(22)19(17)24/h1-3,6-7,11,25-27H,4-5,8-9H2/t11-/m1/s1. The Balaban J connectivity index is 2.38. The molecule has 28 heavy (non-hydrogen) atoms. The summed E-state index contributed by atoms with van der Waals surface area (Å²) in [6.45, 7) is -0.830. The minimum absolute atomic E-state index is 0.185. The van der Waals surface area contributed by atoms with Gasteiger partial charge in [-0.3, -0.25) is 9.78 Å². The monoisotopic (exact) mass is 442 g/mol. The van der Waals surface area contributed by atoms with Gasteiger partial charge in [0.05, 0.1) is 62.4 Å². The number of fused-ring (bicyclic) bond motifs is 1. The predicted octanol–water partition coefficient (Wildman–Crippen LogP) is 3.12. The van der Waals surface area contributed by atoms with Crippen molar-refractivity contribution in [2.45, 2.75) is 25.6 Å². The maximum Gasteiger partial charge on any atom is 0.191 e. The lowest BCUT2D eigenvalue weighted by Gasteiger charge is -2.20. The van der Waals surface area contributed by atoms with Crippen LogP contribution in [-0.2, 0) is 13.0 Å². The summed E-state index contributed by atoms with van der Waals surface area (Å²) in [6.07, 6.45) is 0.935. The van der Waals surface area contributed by atoms with Crippen LogP contribution < -0.4 is 5.43 Å². The predicted molar refractivity (Wildman–Crippen MR) is 110 cm³/mol. The Labute approximate surface area is 175 Å². The fraction of sp³-hybridized carbons (Fsp3) is 0.263. The zero-order valence-corrected chi connectivity index (χ0v) is 16.8. The molecule has 0 saturated carbocycles. The third-order valence-electron chi connectivity index (χ3n) is 4.39. The van der Waals surface area contributed by atoms with E-state index in [0.717, 1.165) is 0 Å². The first-order valence-corrected chi connectivity index (χ1v) is 9.58. The van der Waals surface area contributed by atoms with E-state index in [1.165, 1.54) is 12.3 Å². The Bertz CT molecular complexity index is 1060. The smallest absolute Gasteiger partial charge is 0.191 e. The van der Waals surface area contributed by atoms with Crippen molar-refractivity contribution < 1.29 is 15.3 Å². The fourth-order valence-electron chi connectivity index (χ4n) is 3.08. The van der Waals surface area contributed by atoms with Crippen LogP contribution in [0.1, 0.15) is 17.8 Å². The van der Waals surface area contributed by atoms with Crippen LogP contribution >= 0.6 is 34.8 Å². The van der Waals surface area contributed by atoms with Gasteiger partial charge in [-0.2, -0.15) is 0 Å². The minimum atomic E-state index is -0.926. The lowest BCUT2D eigenvalue weighted by Crippen LogP contribution is -2.18. The number of aromatic nitrogens is 2. The number of nitrogens with zero attached hydrogens (tertiary/aromatic N) is 2. The fourth-order valence-corrected chi connectivity index (χ4v) is 3.88. The number of aryl methyl sites for hydroxylation is 1. The highest BCUT2D eigenvalue weighted by molar-refractivity contribution is 6.38. The van der Waals surface area contributed by atoms with Crippen LogP contribution in [0.15, 0.2) is 35.3 Å². The highest BCUT2D eigenvalue weighted by Crippen LogP contribution is 2.34. The number of hydrogen-bond donors (Lipinski definition) is 3. The Kier molecular flexibility index (Phi) is 6.60. The molecular weight excluding hydrogens is 427 g/mol. The van der Waals surface area contributed by atoms with Gasteiger partial charge >= 0.3 is 0 Å². The SMILES string of the molecule is O=c1cc(CO)n(-c2c(Cl)cccc2Cl)c2c(Cl)cnc(CC[C@@H](O)CO)c12. The second-order valence-electron chi connectivity index (χ2n) is 6.22. The summed E-state index contributed by atoms with van der Waals surface area (Å²) >= 11 is 19.1. The van der Waals surface area contributed by atoms with E-state index in [9.17, 15) is 15.0 Å². The van der Waals surface area contributed by atoms with Gasteiger partial charge in [0.1, 0.15) is 0 Å². The molecule has 3 aromatic rings. The molecule has 0 fully saturated rings. The Morgan fingerprint density at radius 1 is 1.11 bits per heavy atom. The first-order chi connectivity index (χ1) is 13.4. The van der Waals surface area contributed by atoms with E-state index in [1.54, 1.807) is 22.8 Å². The molecule has 0 unspecified atom stereocenters. The van der Waals surface area contributed by atoms with Gasteiger partial charge in [0.25, 0.3) is 0 Å². The largest absolute Gasteiger partial charge is 0.394 e. The molecule has 6 nitrogen and oxygen atoms in total. The van der Waals surface area contributed by atoms with Crippen LogP contribution in [0, 0.1) is 0 Å². The van der Waals surface area contributed by atoms with E-state index >= 15 is 0 Å². The lowest BCUT2D eigenvalue weighted by atomic mass is 10.1. The molecule has 0 radical (unpaired) electrons. The van der Waals surface area contributed by atoms with Crippen molar-refractivity contribution in [3.63, 3.8) is 0 Å². The van der Waals surface area contributed by atoms with Gasteiger partial charge in [0, 0.05) is 12.3 Å². The van der Waals surface area contributed by atoms with Gasteiger partial charge in [0.2, 0.25) is 0 Å². The topological polar surface area (TPSA) is 95.6 Å². The maximum atomic E-state index is 12.8. The van der Waals surface area contributed by atoms with E-state index < -0.39 is 12.7 Å². The summed E-state index contributed by atoms with van der Waals surface area (Å²) in [5.74, 6) is 0. The van der Waals surface area contributed by atoms with Crippen LogP contribution in [0.25, 0.3) is 16.6 Å². The number of aliphatic hydroxyl groups excluding tert-OH is 3. The molecule has 3 N–H and O–H groups in total. The number of rotatable bonds is 6. The number of halogens is 3. The second kappa shape index (κ2) is 8.78. The molecular formula is C19H17Cl3N2O4. The summed E-state index contributed by atoms with van der Waals surface area (Å²) in [5, 5.41) is 29.6. The molecule has 0 aliphatic heterocycles. The van der Waals surface area contributed by atoms with Crippen molar-refractivity contribution in [2.24, 2.45) is 0 Å². The average molecular weight is 444 g/mol. The molecule has 148 valence electrons. The van der Waals surface area contributed by atoms with Gasteiger partial charge < -0.3 is 19.9 Å². The van der Waals surface area contributed by atoms with Crippen molar-refractivity contribution in [3.8, 4) is 5.69 Å². The summed E-state index contributed by atoms with van der Waals surface area (Å²) in [4.78, 5) is 17.0. The third kappa shape index (κ3) is 3.89. The van der Waals surface area contributed by atoms with E-state index in [1.807, 2.05) is 0 Å². The molecule has 1 aromatic carbocycles. The number of pyridine rings is 2. The van der Waals surface area contributed by atoms with Gasteiger partial charge in [-0.05, 0) is 25.0 Å². The van der Waals surface area contributed by atoms with Gasteiger partial charge in [-0.25, -0.2) is 0 Å². The summed E-state index contributed by atoms with van der Waals surface area (Å²) < 4.78 is 1.55. The molecule has 0 spiro atoms. The van der Waals surface area contributed by atoms with Crippen molar-refractivity contribution in [2.75, 3.05) is 6.61 Å². The highest BCUT2D eigenvalue weighted by atomic mass is 35.5. The highest BCUT2D eigenvalue weighted by Gasteiger charge is 2.20. The average Bonchev–Trinajstić information content (AvgIpc) is 2.68. The molecule has 2 aromatic heterocycles. The number of benzene rings is 1. The summed E-state index contributed by atoms with van der Waals surface area (Å²) in [6, 6.07) is 6.25. The molecule has 3 rings (SSSR count). The van der Waals surface area contributed by atoms with Crippen LogP contribution in [0.2, 0.25) is 15.1 Å². The van der Waals surface area contributed by atoms with Gasteiger partial charge in [-0.15, -0.1) is 0 Å². The Morgan fingerprint density at radius 3 is 2.39 bits per heavy atom. The summed E-state index contributed by atoms with van der Waals surface area (Å²) in [5.41, 5.74) is 1.01. The lowest BCUT2D eigenvalue weighted by molar-refractivity contribution is 0.0884. The van der Waals surface area contributed by atoms with Gasteiger partial charge in [-0.1, -0.05) is 40.9 Å².